The minimum absolute atomic E-state index is 0.220. The Kier molecular flexibility index (Phi) is 10.3. The van der Waals surface area contributed by atoms with Crippen LogP contribution in [0.2, 0.25) is 0 Å². The maximum atomic E-state index is 12.1. The van der Waals surface area contributed by atoms with Gasteiger partial charge in [0.15, 0.2) is 5.65 Å². The first-order valence-corrected chi connectivity index (χ1v) is 13.0. The van der Waals surface area contributed by atoms with E-state index < -0.39 is 18.3 Å². The van der Waals surface area contributed by atoms with Crippen LogP contribution >= 0.6 is 0 Å². The first kappa shape index (κ1) is 32.4. The van der Waals surface area contributed by atoms with Gasteiger partial charge >= 0.3 is 24.3 Å². The number of hydrogen-bond acceptors (Lipinski definition) is 6. The molecule has 0 bridgehead atoms. The highest BCUT2D eigenvalue weighted by Crippen LogP contribution is 2.31. The number of pyridine rings is 1. The normalized spacial score (nSPS) is 11.0. The molecule has 0 aliphatic heterocycles. The van der Waals surface area contributed by atoms with Gasteiger partial charge in [0, 0.05) is 26.1 Å². The van der Waals surface area contributed by atoms with E-state index >= 15 is 0 Å². The van der Waals surface area contributed by atoms with E-state index in [1.807, 2.05) is 49.4 Å². The summed E-state index contributed by atoms with van der Waals surface area (Å²) >= 11 is 0. The van der Waals surface area contributed by atoms with E-state index in [2.05, 4.69) is 16.8 Å². The maximum absolute atomic E-state index is 12.1. The highest BCUT2D eigenvalue weighted by atomic mass is 19.4. The number of carboxylic acids is 1. The van der Waals surface area contributed by atoms with Crippen molar-refractivity contribution in [3.63, 3.8) is 0 Å². The zero-order chi connectivity index (χ0) is 31.9. The van der Waals surface area contributed by atoms with Gasteiger partial charge in [-0.05, 0) is 36.6 Å². The van der Waals surface area contributed by atoms with Gasteiger partial charge in [-0.3, -0.25) is 0 Å². The van der Waals surface area contributed by atoms with Crippen LogP contribution in [0.25, 0.3) is 22.3 Å². The predicted molar refractivity (Wildman–Crippen MR) is 152 cm³/mol. The molecular formula is C29H30F3N5O6. The van der Waals surface area contributed by atoms with Gasteiger partial charge in [-0.15, -0.1) is 0 Å². The second-order valence-electron chi connectivity index (χ2n) is 9.52. The van der Waals surface area contributed by atoms with E-state index in [1.165, 1.54) is 4.90 Å². The fourth-order valence-electron chi connectivity index (χ4n) is 3.98. The number of benzene rings is 2. The first-order chi connectivity index (χ1) is 20.2. The number of halogens is 3. The van der Waals surface area contributed by atoms with E-state index in [0.717, 1.165) is 41.0 Å². The molecule has 0 aliphatic rings. The number of carbonyl (C=O) groups excluding carboxylic acids is 1. The fraction of sp³-hybridized carbons (Fsp3) is 0.276. The molecule has 3 N–H and O–H groups in total. The lowest BCUT2D eigenvalue weighted by Gasteiger charge is -2.14. The van der Waals surface area contributed by atoms with Gasteiger partial charge in [0.25, 0.3) is 0 Å². The van der Waals surface area contributed by atoms with Crippen molar-refractivity contribution in [3.05, 3.63) is 71.7 Å². The number of hydrogen-bond donors (Lipinski definition) is 3. The van der Waals surface area contributed by atoms with Crippen LogP contribution in [0.5, 0.6) is 5.75 Å². The number of fused-ring (bicyclic) bond motifs is 1. The molecule has 14 heteroatoms. The molecule has 0 unspecified atom stereocenters. The number of alkyl halides is 3. The second kappa shape index (κ2) is 13.7. The first-order valence-electron chi connectivity index (χ1n) is 13.0. The zero-order valence-electron chi connectivity index (χ0n) is 23.8. The number of imidazole rings is 1. The van der Waals surface area contributed by atoms with Gasteiger partial charge in [0.2, 0.25) is 0 Å². The number of anilines is 1. The van der Waals surface area contributed by atoms with Crippen LogP contribution in [-0.4, -0.2) is 68.1 Å². The van der Waals surface area contributed by atoms with Crippen molar-refractivity contribution < 1.29 is 42.5 Å². The molecule has 2 aromatic carbocycles. The monoisotopic (exact) mass is 601 g/mol. The zero-order valence-corrected chi connectivity index (χ0v) is 23.8. The van der Waals surface area contributed by atoms with Gasteiger partial charge in [-0.25, -0.2) is 24.4 Å². The summed E-state index contributed by atoms with van der Waals surface area (Å²) in [5, 5.41) is 19.0. The third kappa shape index (κ3) is 8.44. The number of aryl methyl sites for hydroxylation is 2. The Morgan fingerprint density at radius 3 is 2.21 bits per heavy atom. The van der Waals surface area contributed by atoms with Crippen LogP contribution in [0.4, 0.5) is 28.4 Å². The number of nitrogens with zero attached hydrogens (tertiary/aromatic N) is 4. The largest absolute Gasteiger partial charge is 0.511 e. The molecule has 2 aromatic heterocycles. The van der Waals surface area contributed by atoms with Gasteiger partial charge in [0.05, 0.1) is 17.9 Å². The Morgan fingerprint density at radius 1 is 1.02 bits per heavy atom. The number of urea groups is 1. The number of ether oxygens (including phenoxy) is 1. The Labute approximate surface area is 244 Å². The molecule has 0 spiro atoms. The summed E-state index contributed by atoms with van der Waals surface area (Å²) < 4.78 is 38.8. The Hall–Kier alpha value is -5.14. The average molecular weight is 602 g/mol. The summed E-state index contributed by atoms with van der Waals surface area (Å²) in [5.74, 6) is -1.53. The molecule has 2 heterocycles. The highest BCUT2D eigenvalue weighted by Gasteiger charge is 2.38. The molecule has 0 fully saturated rings. The third-order valence-corrected chi connectivity index (χ3v) is 6.04. The summed E-state index contributed by atoms with van der Waals surface area (Å²) in [7, 11) is 3.38. The van der Waals surface area contributed by atoms with Crippen molar-refractivity contribution in [2.45, 2.75) is 39.4 Å². The van der Waals surface area contributed by atoms with E-state index in [-0.39, 0.29) is 6.03 Å². The number of rotatable bonds is 7. The minimum atomic E-state index is -5.08. The molecule has 11 nitrogen and oxygen atoms in total. The second-order valence-corrected chi connectivity index (χ2v) is 9.52. The average Bonchev–Trinajstić information content (AvgIpc) is 3.24. The van der Waals surface area contributed by atoms with Gasteiger partial charge < -0.3 is 29.7 Å². The molecule has 0 atom stereocenters. The Bertz CT molecular complexity index is 1620. The van der Waals surface area contributed by atoms with Gasteiger partial charge in [0.1, 0.15) is 17.1 Å². The summed E-state index contributed by atoms with van der Waals surface area (Å²) in [6, 6.07) is 16.6. The lowest BCUT2D eigenvalue weighted by molar-refractivity contribution is -0.192. The van der Waals surface area contributed by atoms with E-state index in [1.54, 1.807) is 26.2 Å². The van der Waals surface area contributed by atoms with Crippen LogP contribution in [0.15, 0.2) is 54.6 Å². The van der Waals surface area contributed by atoms with Crippen LogP contribution in [0, 0.1) is 6.92 Å². The standard InChI is InChI=1S/C27H29N5O4.C2HF3O2/c1-5-8-24-29-22-15-21(30-26(33)31(3)4)17(2)28-25(22)32(24)16-18-11-13-19(14-12-18)20-9-6-7-10-23(20)36-27(34)35;3-2(4,5)1(6)7/h6-7,9-15H,5,8,16H2,1-4H3,(H,30,33)(H,34,35);(H,6,7). The summed E-state index contributed by atoms with van der Waals surface area (Å²) in [4.78, 5) is 43.2. The van der Waals surface area contributed by atoms with E-state index in [0.29, 0.717) is 29.2 Å². The quantitative estimate of drug-likeness (QED) is 0.168. The SMILES string of the molecule is CCCc1nc2cc(NC(=O)N(C)C)c(C)nc2n1Cc1ccc(-c2ccccc2OC(=O)O)cc1.O=C(O)C(F)(F)F. The number of carbonyl (C=O) groups is 3. The lowest BCUT2D eigenvalue weighted by atomic mass is 10.0. The summed E-state index contributed by atoms with van der Waals surface area (Å²) in [5.41, 5.74) is 5.47. The van der Waals surface area contributed by atoms with E-state index in [9.17, 15) is 22.8 Å². The predicted octanol–water partition coefficient (Wildman–Crippen LogP) is 6.19. The molecule has 0 aliphatic carbocycles. The smallest absolute Gasteiger partial charge is 0.475 e. The number of nitrogens with one attached hydrogen (secondary N) is 1. The van der Waals surface area contributed by atoms with Crippen LogP contribution in [0.1, 0.15) is 30.4 Å². The van der Waals surface area contributed by atoms with Crippen molar-refractivity contribution in [1.82, 2.24) is 19.4 Å². The minimum Gasteiger partial charge on any atom is -0.475 e. The Balaban J connectivity index is 0.000000646. The molecular weight excluding hydrogens is 571 g/mol. The number of amides is 2. The topological polar surface area (TPSA) is 147 Å². The van der Waals surface area contributed by atoms with Crippen molar-refractivity contribution in [3.8, 4) is 16.9 Å². The third-order valence-electron chi connectivity index (χ3n) is 6.04. The van der Waals surface area contributed by atoms with Crippen LogP contribution < -0.4 is 10.1 Å². The van der Waals surface area contributed by atoms with Crippen molar-refractivity contribution in [2.75, 3.05) is 19.4 Å². The number of para-hydroxylation sites is 1. The summed E-state index contributed by atoms with van der Waals surface area (Å²) in [6.07, 6.45) is -4.69. The van der Waals surface area contributed by atoms with Crippen molar-refractivity contribution in [2.24, 2.45) is 0 Å². The van der Waals surface area contributed by atoms with E-state index in [4.69, 9.17) is 29.7 Å². The Morgan fingerprint density at radius 2 is 1.65 bits per heavy atom. The summed E-state index contributed by atoms with van der Waals surface area (Å²) in [6.45, 7) is 4.55. The molecule has 2 amide bonds. The number of aliphatic carboxylic acids is 1. The van der Waals surface area contributed by atoms with Crippen LogP contribution in [0.3, 0.4) is 0 Å². The molecule has 0 saturated carbocycles. The highest BCUT2D eigenvalue weighted by molar-refractivity contribution is 5.91. The maximum Gasteiger partial charge on any atom is 0.511 e. The van der Waals surface area contributed by atoms with Gasteiger partial charge in [-0.1, -0.05) is 49.4 Å². The van der Waals surface area contributed by atoms with Gasteiger partial charge in [-0.2, -0.15) is 13.2 Å². The molecule has 0 saturated heterocycles. The number of carboxylic acid groups (broad SMARTS) is 2. The van der Waals surface area contributed by atoms with Crippen molar-refractivity contribution in [1.29, 1.82) is 0 Å². The fourth-order valence-corrected chi connectivity index (χ4v) is 3.98. The molecule has 4 aromatic rings. The molecule has 43 heavy (non-hydrogen) atoms. The lowest BCUT2D eigenvalue weighted by Crippen LogP contribution is -2.27. The molecule has 228 valence electrons. The molecule has 4 rings (SSSR count). The van der Waals surface area contributed by atoms with Crippen LogP contribution in [-0.2, 0) is 17.8 Å². The number of aromatic nitrogens is 3. The van der Waals surface area contributed by atoms with Crippen molar-refractivity contribution >= 4 is 35.0 Å². The molecule has 0 radical (unpaired) electrons.